The molecule has 98 valence electrons. The van der Waals surface area contributed by atoms with Gasteiger partial charge >= 0.3 is 0 Å². The molecule has 0 radical (unpaired) electrons. The highest BCUT2D eigenvalue weighted by Gasteiger charge is 2.11. The topological polar surface area (TPSA) is 58.5 Å². The first-order chi connectivity index (χ1) is 8.70. The van der Waals surface area contributed by atoms with E-state index in [2.05, 4.69) is 47.4 Å². The Balaban J connectivity index is 1.93. The zero-order chi connectivity index (χ0) is 13.0. The first kappa shape index (κ1) is 12.8. The highest BCUT2D eigenvalue weighted by atomic mass is 15.3. The number of aromatic nitrogens is 4. The van der Waals surface area contributed by atoms with Gasteiger partial charge in [0.15, 0.2) is 0 Å². The van der Waals surface area contributed by atoms with Crippen LogP contribution >= 0.6 is 0 Å². The molecule has 0 saturated heterocycles. The summed E-state index contributed by atoms with van der Waals surface area (Å²) in [7, 11) is 0. The first-order valence-electron chi connectivity index (χ1n) is 6.46. The van der Waals surface area contributed by atoms with Gasteiger partial charge < -0.3 is 10.3 Å². The van der Waals surface area contributed by atoms with E-state index in [9.17, 15) is 0 Å². The third-order valence-corrected chi connectivity index (χ3v) is 2.99. The minimum atomic E-state index is 0.266. The smallest absolute Gasteiger partial charge is 0.123 e. The Kier molecular flexibility index (Phi) is 4.15. The van der Waals surface area contributed by atoms with Crippen LogP contribution in [0.1, 0.15) is 50.7 Å². The Morgan fingerprint density at radius 1 is 1.44 bits per heavy atom. The Morgan fingerprint density at radius 3 is 2.83 bits per heavy atom. The van der Waals surface area contributed by atoms with E-state index in [1.54, 1.807) is 6.20 Å². The van der Waals surface area contributed by atoms with Crippen LogP contribution in [0, 0.1) is 0 Å². The van der Waals surface area contributed by atoms with E-state index in [1.165, 1.54) is 5.56 Å². The van der Waals surface area contributed by atoms with E-state index in [0.29, 0.717) is 6.04 Å². The lowest BCUT2D eigenvalue weighted by molar-refractivity contribution is 0.496. The minimum Gasteiger partial charge on any atom is -0.347 e. The summed E-state index contributed by atoms with van der Waals surface area (Å²) >= 11 is 0. The van der Waals surface area contributed by atoms with Gasteiger partial charge in [0.05, 0.1) is 12.2 Å². The molecule has 0 amide bonds. The van der Waals surface area contributed by atoms with Gasteiger partial charge in [-0.15, -0.1) is 0 Å². The van der Waals surface area contributed by atoms with Gasteiger partial charge in [-0.2, -0.15) is 5.10 Å². The lowest BCUT2D eigenvalue weighted by atomic mass is 10.2. The zero-order valence-corrected chi connectivity index (χ0v) is 11.2. The molecule has 2 aromatic rings. The van der Waals surface area contributed by atoms with Crippen LogP contribution in [0.5, 0.6) is 0 Å². The van der Waals surface area contributed by atoms with Crippen LogP contribution in [0.3, 0.4) is 0 Å². The fourth-order valence-corrected chi connectivity index (χ4v) is 1.89. The molecular weight excluding hydrogens is 226 g/mol. The van der Waals surface area contributed by atoms with Crippen molar-refractivity contribution in [3.8, 4) is 0 Å². The van der Waals surface area contributed by atoms with Crippen LogP contribution in [0.25, 0.3) is 0 Å². The van der Waals surface area contributed by atoms with E-state index in [1.807, 2.05) is 17.1 Å². The van der Waals surface area contributed by atoms with Crippen LogP contribution in [-0.2, 0) is 6.54 Å². The molecule has 0 aromatic carbocycles. The summed E-state index contributed by atoms with van der Waals surface area (Å²) in [4.78, 5) is 7.45. The van der Waals surface area contributed by atoms with E-state index >= 15 is 0 Å². The fourth-order valence-electron chi connectivity index (χ4n) is 1.89. The molecule has 2 rings (SSSR count). The lowest BCUT2D eigenvalue weighted by Crippen LogP contribution is -2.21. The van der Waals surface area contributed by atoms with Crippen molar-refractivity contribution in [2.45, 2.75) is 45.8 Å². The average Bonchev–Trinajstić information content (AvgIpc) is 3.00. The van der Waals surface area contributed by atoms with Crippen molar-refractivity contribution < 1.29 is 0 Å². The van der Waals surface area contributed by atoms with Crippen LogP contribution in [-0.4, -0.2) is 19.7 Å². The number of imidazole rings is 1. The second-order valence-electron chi connectivity index (χ2n) is 4.74. The van der Waals surface area contributed by atoms with Crippen molar-refractivity contribution in [3.05, 3.63) is 36.2 Å². The van der Waals surface area contributed by atoms with Gasteiger partial charge in [0, 0.05) is 36.7 Å². The van der Waals surface area contributed by atoms with Crippen LogP contribution in [0.4, 0.5) is 0 Å². The molecule has 0 saturated carbocycles. The van der Waals surface area contributed by atoms with Crippen molar-refractivity contribution in [3.63, 3.8) is 0 Å². The van der Waals surface area contributed by atoms with Gasteiger partial charge in [0.25, 0.3) is 0 Å². The molecule has 1 unspecified atom stereocenters. The number of hydrogen-bond donors (Lipinski definition) is 2. The van der Waals surface area contributed by atoms with Gasteiger partial charge in [-0.25, -0.2) is 4.98 Å². The van der Waals surface area contributed by atoms with Gasteiger partial charge in [-0.1, -0.05) is 6.92 Å². The van der Waals surface area contributed by atoms with Crippen molar-refractivity contribution >= 4 is 0 Å². The highest BCUT2D eigenvalue weighted by Crippen LogP contribution is 2.13. The molecule has 0 aliphatic carbocycles. The Labute approximate surface area is 108 Å². The van der Waals surface area contributed by atoms with Gasteiger partial charge in [-0.05, 0) is 20.3 Å². The maximum Gasteiger partial charge on any atom is 0.123 e. The second-order valence-corrected chi connectivity index (χ2v) is 4.74. The van der Waals surface area contributed by atoms with Gasteiger partial charge in [0.1, 0.15) is 5.82 Å². The molecule has 1 atom stereocenters. The van der Waals surface area contributed by atoms with Gasteiger partial charge in [-0.3, -0.25) is 4.68 Å². The minimum absolute atomic E-state index is 0.266. The summed E-state index contributed by atoms with van der Waals surface area (Å²) in [5, 5.41) is 7.83. The average molecular weight is 247 g/mol. The summed E-state index contributed by atoms with van der Waals surface area (Å²) in [6.07, 6.45) is 8.66. The van der Waals surface area contributed by atoms with Crippen LogP contribution < -0.4 is 5.32 Å². The Morgan fingerprint density at radius 2 is 2.28 bits per heavy atom. The molecule has 0 bridgehead atoms. The number of hydrogen-bond acceptors (Lipinski definition) is 3. The molecule has 0 spiro atoms. The molecule has 2 N–H and O–H groups in total. The number of aromatic amines is 1. The fraction of sp³-hybridized carbons (Fsp3) is 0.538. The summed E-state index contributed by atoms with van der Waals surface area (Å²) in [5.41, 5.74) is 1.20. The molecule has 5 nitrogen and oxygen atoms in total. The number of nitrogens with zero attached hydrogens (tertiary/aromatic N) is 3. The third kappa shape index (κ3) is 2.98. The standard InChI is InChI=1S/C13H21N5/c1-4-12(13-14-5-6-15-13)16-7-11-8-17-18(9-11)10(2)3/h5-6,8-10,12,16H,4,7H2,1-3H3,(H,14,15). The largest absolute Gasteiger partial charge is 0.347 e. The molecule has 0 aliphatic rings. The predicted octanol–water partition coefficient (Wildman–Crippen LogP) is 2.43. The highest BCUT2D eigenvalue weighted by molar-refractivity contribution is 5.05. The van der Waals surface area contributed by atoms with E-state index in [4.69, 9.17) is 0 Å². The van der Waals surface area contributed by atoms with Crippen molar-refractivity contribution in [1.82, 2.24) is 25.1 Å². The number of rotatable bonds is 6. The van der Waals surface area contributed by atoms with Crippen LogP contribution in [0.2, 0.25) is 0 Å². The predicted molar refractivity (Wildman–Crippen MR) is 71.1 cm³/mol. The summed E-state index contributed by atoms with van der Waals surface area (Å²) in [6, 6.07) is 0.674. The maximum absolute atomic E-state index is 4.34. The van der Waals surface area contributed by atoms with Crippen molar-refractivity contribution in [1.29, 1.82) is 0 Å². The zero-order valence-electron chi connectivity index (χ0n) is 11.2. The normalized spacial score (nSPS) is 13.1. The summed E-state index contributed by atoms with van der Waals surface area (Å²) in [5.74, 6) is 0.994. The van der Waals surface area contributed by atoms with Gasteiger partial charge in [0.2, 0.25) is 0 Å². The molecule has 18 heavy (non-hydrogen) atoms. The van der Waals surface area contributed by atoms with Crippen LogP contribution in [0.15, 0.2) is 24.8 Å². The lowest BCUT2D eigenvalue weighted by Gasteiger charge is -2.13. The third-order valence-electron chi connectivity index (χ3n) is 2.99. The quantitative estimate of drug-likeness (QED) is 0.824. The molecule has 2 aromatic heterocycles. The SMILES string of the molecule is CCC(NCc1cnn(C(C)C)c1)c1ncc[nH]1. The monoisotopic (exact) mass is 247 g/mol. The van der Waals surface area contributed by atoms with Crippen molar-refractivity contribution in [2.24, 2.45) is 0 Å². The summed E-state index contributed by atoms with van der Waals surface area (Å²) < 4.78 is 1.98. The van der Waals surface area contributed by atoms with E-state index < -0.39 is 0 Å². The Hall–Kier alpha value is -1.62. The number of nitrogens with one attached hydrogen (secondary N) is 2. The second kappa shape index (κ2) is 5.82. The first-order valence-corrected chi connectivity index (χ1v) is 6.46. The summed E-state index contributed by atoms with van der Waals surface area (Å²) in [6.45, 7) is 7.22. The van der Waals surface area contributed by atoms with E-state index in [-0.39, 0.29) is 6.04 Å². The number of H-pyrrole nitrogens is 1. The molecule has 5 heteroatoms. The van der Waals surface area contributed by atoms with Crippen molar-refractivity contribution in [2.75, 3.05) is 0 Å². The Bertz CT molecular complexity index is 457. The van der Waals surface area contributed by atoms with E-state index in [0.717, 1.165) is 18.8 Å². The molecule has 2 heterocycles. The molecular formula is C13H21N5. The molecule has 0 fully saturated rings. The maximum atomic E-state index is 4.34. The molecule has 0 aliphatic heterocycles.